The molecule has 1 N–H and O–H groups in total. The third kappa shape index (κ3) is 3.12. The summed E-state index contributed by atoms with van der Waals surface area (Å²) in [6, 6.07) is 10.4. The second-order valence-electron chi connectivity index (χ2n) is 5.69. The van der Waals surface area contributed by atoms with Crippen LogP contribution >= 0.6 is 0 Å². The molecule has 0 radical (unpaired) electrons. The lowest BCUT2D eigenvalue weighted by molar-refractivity contribution is -0.149. The Kier molecular flexibility index (Phi) is 4.05. The van der Waals surface area contributed by atoms with Crippen LogP contribution < -0.4 is 0 Å². The van der Waals surface area contributed by atoms with E-state index in [1.165, 1.54) is 5.56 Å². The molecule has 1 atom stereocenters. The fourth-order valence-corrected chi connectivity index (χ4v) is 2.67. The number of rotatable bonds is 7. The van der Waals surface area contributed by atoms with Gasteiger partial charge in [0.05, 0.1) is 5.41 Å². The Labute approximate surface area is 109 Å². The first kappa shape index (κ1) is 13.1. The Hall–Kier alpha value is -1.31. The molecule has 1 saturated carbocycles. The monoisotopic (exact) mass is 246 g/mol. The van der Waals surface area contributed by atoms with Crippen molar-refractivity contribution in [1.82, 2.24) is 0 Å². The lowest BCUT2D eigenvalue weighted by atomic mass is 9.80. The van der Waals surface area contributed by atoms with Gasteiger partial charge >= 0.3 is 5.97 Å². The van der Waals surface area contributed by atoms with Gasteiger partial charge in [-0.05, 0) is 50.5 Å². The maximum Gasteiger partial charge on any atom is 0.309 e. The standard InChI is InChI=1S/C16H22O2/c1-16(15(17)18,14-10-11-14)12-6-5-9-13-7-3-2-4-8-13/h2-4,7-8,14H,5-6,9-12H2,1H3,(H,17,18). The van der Waals surface area contributed by atoms with Gasteiger partial charge in [0.2, 0.25) is 0 Å². The van der Waals surface area contributed by atoms with Crippen LogP contribution in [0.4, 0.5) is 0 Å². The van der Waals surface area contributed by atoms with Crippen LogP contribution in [0.15, 0.2) is 30.3 Å². The van der Waals surface area contributed by atoms with Gasteiger partial charge in [-0.25, -0.2) is 0 Å². The number of aryl methyl sites for hydroxylation is 1. The highest BCUT2D eigenvalue weighted by molar-refractivity contribution is 5.75. The van der Waals surface area contributed by atoms with Crippen LogP contribution in [0.3, 0.4) is 0 Å². The van der Waals surface area contributed by atoms with Gasteiger partial charge in [-0.1, -0.05) is 36.8 Å². The zero-order valence-corrected chi connectivity index (χ0v) is 11.1. The zero-order chi connectivity index (χ0) is 13.0. The zero-order valence-electron chi connectivity index (χ0n) is 11.1. The number of benzene rings is 1. The summed E-state index contributed by atoms with van der Waals surface area (Å²) in [7, 11) is 0. The molecule has 98 valence electrons. The molecule has 0 heterocycles. The second kappa shape index (κ2) is 5.55. The predicted molar refractivity (Wildman–Crippen MR) is 72.5 cm³/mol. The van der Waals surface area contributed by atoms with E-state index in [2.05, 4.69) is 24.3 Å². The molecule has 0 aromatic heterocycles. The lowest BCUT2D eigenvalue weighted by Crippen LogP contribution is -2.29. The second-order valence-corrected chi connectivity index (χ2v) is 5.69. The van der Waals surface area contributed by atoms with Gasteiger partial charge in [0.25, 0.3) is 0 Å². The Bertz CT molecular complexity index is 395. The van der Waals surface area contributed by atoms with Crippen molar-refractivity contribution in [2.75, 3.05) is 0 Å². The van der Waals surface area contributed by atoms with Gasteiger partial charge in [-0.3, -0.25) is 4.79 Å². The smallest absolute Gasteiger partial charge is 0.309 e. The van der Waals surface area contributed by atoms with E-state index in [0.717, 1.165) is 38.5 Å². The van der Waals surface area contributed by atoms with Gasteiger partial charge in [-0.2, -0.15) is 0 Å². The van der Waals surface area contributed by atoms with E-state index < -0.39 is 11.4 Å². The number of aliphatic carboxylic acids is 1. The van der Waals surface area contributed by atoms with Gasteiger partial charge in [0.1, 0.15) is 0 Å². The molecule has 2 nitrogen and oxygen atoms in total. The predicted octanol–water partition coefficient (Wildman–Crippen LogP) is 3.90. The SMILES string of the molecule is CC(CCCCc1ccccc1)(C(=O)O)C1CC1. The number of hydrogen-bond donors (Lipinski definition) is 1. The average Bonchev–Trinajstić information content (AvgIpc) is 3.20. The summed E-state index contributed by atoms with van der Waals surface area (Å²) in [6.45, 7) is 1.93. The van der Waals surface area contributed by atoms with Gasteiger partial charge < -0.3 is 5.11 Å². The Balaban J connectivity index is 1.76. The van der Waals surface area contributed by atoms with E-state index in [1.54, 1.807) is 0 Å². The van der Waals surface area contributed by atoms with Crippen LogP contribution in [0.5, 0.6) is 0 Å². The summed E-state index contributed by atoms with van der Waals surface area (Å²) < 4.78 is 0. The summed E-state index contributed by atoms with van der Waals surface area (Å²) in [5.41, 5.74) is 0.873. The molecule has 1 fully saturated rings. The van der Waals surface area contributed by atoms with Crippen molar-refractivity contribution >= 4 is 5.97 Å². The molecule has 0 amide bonds. The molecule has 2 rings (SSSR count). The molecular weight excluding hydrogens is 224 g/mol. The maximum atomic E-state index is 11.4. The quantitative estimate of drug-likeness (QED) is 0.741. The number of carbonyl (C=O) groups is 1. The van der Waals surface area contributed by atoms with Crippen molar-refractivity contribution in [3.05, 3.63) is 35.9 Å². The average molecular weight is 246 g/mol. The first-order chi connectivity index (χ1) is 8.63. The van der Waals surface area contributed by atoms with E-state index in [0.29, 0.717) is 5.92 Å². The molecule has 0 aliphatic heterocycles. The molecule has 1 aliphatic carbocycles. The fourth-order valence-electron chi connectivity index (χ4n) is 2.67. The molecular formula is C16H22O2. The Morgan fingerprint density at radius 3 is 2.50 bits per heavy atom. The molecule has 1 aliphatic rings. The number of carboxylic acid groups (broad SMARTS) is 1. The van der Waals surface area contributed by atoms with E-state index in [1.807, 2.05) is 13.0 Å². The van der Waals surface area contributed by atoms with E-state index in [4.69, 9.17) is 0 Å². The summed E-state index contributed by atoms with van der Waals surface area (Å²) in [4.78, 5) is 11.4. The minimum absolute atomic E-state index is 0.423. The first-order valence-electron chi connectivity index (χ1n) is 6.90. The Morgan fingerprint density at radius 2 is 1.94 bits per heavy atom. The van der Waals surface area contributed by atoms with Crippen LogP contribution in [0.1, 0.15) is 44.6 Å². The Morgan fingerprint density at radius 1 is 1.28 bits per heavy atom. The number of hydrogen-bond acceptors (Lipinski definition) is 1. The summed E-state index contributed by atoms with van der Waals surface area (Å²) in [6.07, 6.45) is 6.16. The largest absolute Gasteiger partial charge is 0.481 e. The molecule has 1 aromatic rings. The molecule has 0 spiro atoms. The highest BCUT2D eigenvalue weighted by atomic mass is 16.4. The van der Waals surface area contributed by atoms with Crippen molar-refractivity contribution in [1.29, 1.82) is 0 Å². The van der Waals surface area contributed by atoms with E-state index in [-0.39, 0.29) is 0 Å². The number of carboxylic acids is 1. The molecule has 0 saturated heterocycles. The molecule has 1 aromatic carbocycles. The summed E-state index contributed by atoms with van der Waals surface area (Å²) in [5.74, 6) is -0.184. The maximum absolute atomic E-state index is 11.4. The normalized spacial score (nSPS) is 18.3. The molecule has 18 heavy (non-hydrogen) atoms. The first-order valence-corrected chi connectivity index (χ1v) is 6.90. The van der Waals surface area contributed by atoms with Crippen molar-refractivity contribution in [3.8, 4) is 0 Å². The van der Waals surface area contributed by atoms with Crippen molar-refractivity contribution in [3.63, 3.8) is 0 Å². The molecule has 0 bridgehead atoms. The van der Waals surface area contributed by atoms with Crippen molar-refractivity contribution in [2.24, 2.45) is 11.3 Å². The van der Waals surface area contributed by atoms with Crippen LogP contribution in [-0.4, -0.2) is 11.1 Å². The van der Waals surface area contributed by atoms with E-state index >= 15 is 0 Å². The van der Waals surface area contributed by atoms with Crippen molar-refractivity contribution < 1.29 is 9.90 Å². The minimum Gasteiger partial charge on any atom is -0.481 e. The molecule has 2 heteroatoms. The summed E-state index contributed by atoms with van der Waals surface area (Å²) in [5, 5.41) is 9.36. The number of unbranched alkanes of at least 4 members (excludes halogenated alkanes) is 1. The van der Waals surface area contributed by atoms with Crippen LogP contribution in [0, 0.1) is 11.3 Å². The third-order valence-corrected chi connectivity index (χ3v) is 4.22. The van der Waals surface area contributed by atoms with Gasteiger partial charge in [0.15, 0.2) is 0 Å². The molecule has 1 unspecified atom stereocenters. The summed E-state index contributed by atoms with van der Waals surface area (Å²) >= 11 is 0. The highest BCUT2D eigenvalue weighted by Crippen LogP contribution is 2.48. The van der Waals surface area contributed by atoms with Gasteiger partial charge in [-0.15, -0.1) is 0 Å². The third-order valence-electron chi connectivity index (χ3n) is 4.22. The van der Waals surface area contributed by atoms with Crippen LogP contribution in [-0.2, 0) is 11.2 Å². The lowest BCUT2D eigenvalue weighted by Gasteiger charge is -2.24. The highest BCUT2D eigenvalue weighted by Gasteiger charge is 2.46. The van der Waals surface area contributed by atoms with Gasteiger partial charge in [0, 0.05) is 0 Å². The van der Waals surface area contributed by atoms with Crippen LogP contribution in [0.25, 0.3) is 0 Å². The minimum atomic E-state index is -0.607. The van der Waals surface area contributed by atoms with Crippen molar-refractivity contribution in [2.45, 2.75) is 45.4 Å². The fraction of sp³-hybridized carbons (Fsp3) is 0.562. The topological polar surface area (TPSA) is 37.3 Å². The van der Waals surface area contributed by atoms with Crippen LogP contribution in [0.2, 0.25) is 0 Å². The van der Waals surface area contributed by atoms with E-state index in [9.17, 15) is 9.90 Å².